The van der Waals surface area contributed by atoms with Crippen molar-refractivity contribution in [2.24, 2.45) is 0 Å². The van der Waals surface area contributed by atoms with Crippen LogP contribution in [-0.4, -0.2) is 26.5 Å². The van der Waals surface area contributed by atoms with Gasteiger partial charge in [0.05, 0.1) is 17.5 Å². The third-order valence-corrected chi connectivity index (χ3v) is 4.58. The van der Waals surface area contributed by atoms with Crippen molar-refractivity contribution in [2.75, 3.05) is 21.6 Å². The van der Waals surface area contributed by atoms with E-state index in [1.54, 1.807) is 6.07 Å². The fourth-order valence-electron chi connectivity index (χ4n) is 2.26. The van der Waals surface area contributed by atoms with Gasteiger partial charge in [0.2, 0.25) is 15.9 Å². The van der Waals surface area contributed by atoms with Gasteiger partial charge in [-0.05, 0) is 71.5 Å². The van der Waals surface area contributed by atoms with E-state index < -0.39 is 15.9 Å². The molecule has 0 heterocycles. The maximum absolute atomic E-state index is 12.7. The summed E-state index contributed by atoms with van der Waals surface area (Å²) >= 11 is 2.17. The van der Waals surface area contributed by atoms with Gasteiger partial charge >= 0.3 is 0 Å². The van der Waals surface area contributed by atoms with Crippen molar-refractivity contribution in [3.05, 3.63) is 51.1 Å². The molecule has 9 heteroatoms. The number of carbonyl (C=O) groups excluding carboxylic acids is 2. The summed E-state index contributed by atoms with van der Waals surface area (Å²) in [5, 5.41) is 5.35. The Morgan fingerprint density at radius 1 is 1.00 bits per heavy atom. The van der Waals surface area contributed by atoms with E-state index in [-0.39, 0.29) is 17.2 Å². The number of anilines is 3. The third-order valence-electron chi connectivity index (χ3n) is 3.32. The molecule has 2 rings (SSSR count). The van der Waals surface area contributed by atoms with E-state index in [1.165, 1.54) is 25.1 Å². The molecule has 2 amide bonds. The molecule has 0 fully saturated rings. The first-order valence-electron chi connectivity index (χ1n) is 7.52. The molecular weight excluding hydrogens is 469 g/mol. The van der Waals surface area contributed by atoms with Gasteiger partial charge in [-0.15, -0.1) is 0 Å². The van der Waals surface area contributed by atoms with E-state index in [4.69, 9.17) is 0 Å². The average molecular weight is 487 g/mol. The number of aryl methyl sites for hydroxylation is 1. The van der Waals surface area contributed by atoms with Crippen molar-refractivity contribution in [1.29, 1.82) is 0 Å². The van der Waals surface area contributed by atoms with Crippen LogP contribution in [0.2, 0.25) is 0 Å². The van der Waals surface area contributed by atoms with E-state index in [2.05, 4.69) is 37.9 Å². The molecule has 0 bridgehead atoms. The summed E-state index contributed by atoms with van der Waals surface area (Å²) in [5.74, 6) is -0.790. The van der Waals surface area contributed by atoms with Gasteiger partial charge in [-0.3, -0.25) is 14.3 Å². The Morgan fingerprint density at radius 3 is 2.23 bits per heavy atom. The second-order valence-electron chi connectivity index (χ2n) is 5.73. The Kier molecular flexibility index (Phi) is 6.24. The van der Waals surface area contributed by atoms with E-state index in [0.29, 0.717) is 11.4 Å². The Hall–Kier alpha value is -2.14. The molecule has 138 valence electrons. The lowest BCUT2D eigenvalue weighted by molar-refractivity contribution is -0.114. The molecule has 0 aromatic heterocycles. The monoisotopic (exact) mass is 487 g/mol. The molecule has 0 aliphatic carbocycles. The molecule has 0 unspecified atom stereocenters. The zero-order valence-corrected chi connectivity index (χ0v) is 17.4. The van der Waals surface area contributed by atoms with Crippen molar-refractivity contribution in [1.82, 2.24) is 0 Å². The van der Waals surface area contributed by atoms with Crippen molar-refractivity contribution in [2.45, 2.75) is 13.8 Å². The van der Waals surface area contributed by atoms with Gasteiger partial charge in [0, 0.05) is 21.9 Å². The Balaban J connectivity index is 2.42. The fourth-order valence-corrected chi connectivity index (χ4v) is 3.48. The van der Waals surface area contributed by atoms with Gasteiger partial charge in [0.1, 0.15) is 0 Å². The molecule has 0 aliphatic heterocycles. The number of sulfonamides is 1. The van der Waals surface area contributed by atoms with Gasteiger partial charge in [-0.25, -0.2) is 8.42 Å². The normalized spacial score (nSPS) is 10.9. The Morgan fingerprint density at radius 2 is 1.65 bits per heavy atom. The molecule has 7 nitrogen and oxygen atoms in total. The zero-order chi connectivity index (χ0) is 19.5. The van der Waals surface area contributed by atoms with Gasteiger partial charge < -0.3 is 10.6 Å². The van der Waals surface area contributed by atoms with Gasteiger partial charge in [-0.2, -0.15) is 0 Å². The maximum atomic E-state index is 12.7. The smallest absolute Gasteiger partial charge is 0.257 e. The largest absolute Gasteiger partial charge is 0.326 e. The quantitative estimate of drug-likeness (QED) is 0.564. The standard InChI is InChI=1S/C17H18IN3O4S/c1-10-8-12(18)4-6-15(10)20-17(23)14-9-13(19-11(2)22)5-7-16(14)21-26(3,24)25/h4-9,21H,1-3H3,(H,19,22)(H,20,23). The molecule has 0 atom stereocenters. The van der Waals surface area contributed by atoms with Crippen molar-refractivity contribution < 1.29 is 18.0 Å². The number of rotatable bonds is 5. The molecule has 0 spiro atoms. The first-order chi connectivity index (χ1) is 12.0. The lowest BCUT2D eigenvalue weighted by Crippen LogP contribution is -2.18. The molecule has 2 aromatic carbocycles. The minimum atomic E-state index is -3.57. The van der Waals surface area contributed by atoms with Crippen molar-refractivity contribution in [3.63, 3.8) is 0 Å². The lowest BCUT2D eigenvalue weighted by atomic mass is 10.1. The summed E-state index contributed by atoms with van der Waals surface area (Å²) < 4.78 is 26.5. The highest BCUT2D eigenvalue weighted by atomic mass is 127. The van der Waals surface area contributed by atoms with Crippen molar-refractivity contribution in [3.8, 4) is 0 Å². The number of carbonyl (C=O) groups is 2. The molecule has 2 aromatic rings. The number of amides is 2. The van der Waals surface area contributed by atoms with Crippen LogP contribution in [0, 0.1) is 10.5 Å². The molecule has 0 saturated carbocycles. The van der Waals surface area contributed by atoms with Crippen LogP contribution in [0.4, 0.5) is 17.1 Å². The fraction of sp³-hybridized carbons (Fsp3) is 0.176. The Bertz CT molecular complexity index is 974. The summed E-state index contributed by atoms with van der Waals surface area (Å²) in [6.45, 7) is 3.21. The van der Waals surface area contributed by atoms with Gasteiger partial charge in [-0.1, -0.05) is 0 Å². The molecule has 26 heavy (non-hydrogen) atoms. The van der Waals surface area contributed by atoms with E-state index in [9.17, 15) is 18.0 Å². The highest BCUT2D eigenvalue weighted by Crippen LogP contribution is 2.24. The van der Waals surface area contributed by atoms with Gasteiger partial charge in [0.25, 0.3) is 5.91 Å². The number of halogens is 1. The summed E-state index contributed by atoms with van der Waals surface area (Å²) in [7, 11) is -3.57. The maximum Gasteiger partial charge on any atom is 0.257 e. The first-order valence-corrected chi connectivity index (χ1v) is 10.5. The van der Waals surface area contributed by atoms with E-state index in [0.717, 1.165) is 15.4 Å². The van der Waals surface area contributed by atoms with Crippen LogP contribution in [0.15, 0.2) is 36.4 Å². The summed E-state index contributed by atoms with van der Waals surface area (Å²) in [5.41, 5.74) is 2.11. The van der Waals surface area contributed by atoms with Crippen LogP contribution >= 0.6 is 22.6 Å². The average Bonchev–Trinajstić information content (AvgIpc) is 2.49. The lowest BCUT2D eigenvalue weighted by Gasteiger charge is -2.14. The molecular formula is C17H18IN3O4S. The van der Waals surface area contributed by atoms with Gasteiger partial charge in [0.15, 0.2) is 0 Å². The molecule has 0 radical (unpaired) electrons. The highest BCUT2D eigenvalue weighted by Gasteiger charge is 2.16. The first kappa shape index (κ1) is 20.2. The Labute approximate surface area is 165 Å². The third kappa shape index (κ3) is 5.70. The van der Waals surface area contributed by atoms with Crippen molar-refractivity contribution >= 4 is 61.5 Å². The predicted octanol–water partition coefficient (Wildman–Crippen LogP) is 3.18. The van der Waals surface area contributed by atoms with Crippen LogP contribution in [0.25, 0.3) is 0 Å². The zero-order valence-electron chi connectivity index (χ0n) is 14.4. The molecule has 3 N–H and O–H groups in total. The van der Waals surface area contributed by atoms with Crippen LogP contribution < -0.4 is 15.4 Å². The highest BCUT2D eigenvalue weighted by molar-refractivity contribution is 14.1. The van der Waals surface area contributed by atoms with E-state index >= 15 is 0 Å². The number of hydrogen-bond donors (Lipinski definition) is 3. The number of hydrogen-bond acceptors (Lipinski definition) is 4. The van der Waals surface area contributed by atoms with Crippen LogP contribution in [0.1, 0.15) is 22.8 Å². The summed E-state index contributed by atoms with van der Waals surface area (Å²) in [4.78, 5) is 24.0. The summed E-state index contributed by atoms with van der Waals surface area (Å²) in [6.07, 6.45) is 1.000. The number of nitrogens with one attached hydrogen (secondary N) is 3. The number of benzene rings is 2. The second-order valence-corrected chi connectivity index (χ2v) is 8.72. The van der Waals surface area contributed by atoms with Crippen LogP contribution in [0.5, 0.6) is 0 Å². The second kappa shape index (κ2) is 8.04. The minimum absolute atomic E-state index is 0.0969. The molecule has 0 aliphatic rings. The van der Waals surface area contributed by atoms with Crippen LogP contribution in [-0.2, 0) is 14.8 Å². The molecule has 0 saturated heterocycles. The summed E-state index contributed by atoms with van der Waals surface area (Å²) in [6, 6.07) is 9.92. The minimum Gasteiger partial charge on any atom is -0.326 e. The SMILES string of the molecule is CC(=O)Nc1ccc(NS(C)(=O)=O)c(C(=O)Nc2ccc(I)cc2C)c1. The topological polar surface area (TPSA) is 104 Å². The van der Waals surface area contributed by atoms with Crippen LogP contribution in [0.3, 0.4) is 0 Å². The van der Waals surface area contributed by atoms with E-state index in [1.807, 2.05) is 19.1 Å². The predicted molar refractivity (Wildman–Crippen MR) is 111 cm³/mol.